The number of amides is 1. The van der Waals surface area contributed by atoms with Gasteiger partial charge < -0.3 is 10.2 Å². The number of halogens is 5. The predicted octanol–water partition coefficient (Wildman–Crippen LogP) is 6.11. The minimum absolute atomic E-state index is 0.0503. The number of aliphatic hydroxyl groups is 1. The fraction of sp³-hybridized carbons (Fsp3) is 0.391. The molecule has 1 amide bonds. The van der Waals surface area contributed by atoms with E-state index in [4.69, 9.17) is 15.7 Å². The number of hydrogen-bond acceptors (Lipinski definition) is 4. The Morgan fingerprint density at radius 3 is 2.15 bits per heavy atom. The molecule has 11 heteroatoms. The van der Waals surface area contributed by atoms with E-state index < -0.39 is 17.8 Å². The number of allylic oxidation sites excluding steroid dienone is 4. The first-order valence-electron chi connectivity index (χ1n) is 9.88. The monoisotopic (exact) mass is 552 g/mol. The number of carboxylic acid groups (broad SMARTS) is 1. The Balaban J connectivity index is 0.000000585. The van der Waals surface area contributed by atoms with E-state index in [1.54, 1.807) is 6.92 Å². The van der Waals surface area contributed by atoms with Gasteiger partial charge in [-0.05, 0) is 61.8 Å². The number of hydrogen-bond donors (Lipinski definition) is 3. The number of hydrazine groups is 1. The molecule has 2 rings (SSSR count). The Morgan fingerprint density at radius 2 is 1.79 bits per heavy atom. The van der Waals surface area contributed by atoms with Crippen LogP contribution in [0.2, 0.25) is 0 Å². The molecule has 0 saturated heterocycles. The second kappa shape index (κ2) is 13.3. The molecule has 1 aliphatic carbocycles. The Labute approximate surface area is 204 Å². The Hall–Kier alpha value is -2.66. The molecule has 1 saturated carbocycles. The van der Waals surface area contributed by atoms with Crippen LogP contribution in [0.3, 0.4) is 0 Å². The first-order chi connectivity index (χ1) is 15.5. The van der Waals surface area contributed by atoms with Crippen molar-refractivity contribution in [1.29, 1.82) is 0 Å². The van der Waals surface area contributed by atoms with Crippen molar-refractivity contribution in [3.8, 4) is 0 Å². The highest BCUT2D eigenvalue weighted by molar-refractivity contribution is 9.10. The SMILES string of the molecule is C=C(C)/C=C(\N(N)C(C)=O)C(F)(F)F.C=C(O)CC1(Cc2cc(C)c(F)cc2Br)CC1.O=CO. The molecule has 1 aromatic rings. The van der Waals surface area contributed by atoms with Crippen LogP contribution in [0.4, 0.5) is 17.6 Å². The summed E-state index contributed by atoms with van der Waals surface area (Å²) >= 11 is 3.40. The van der Waals surface area contributed by atoms with E-state index in [1.807, 2.05) is 6.07 Å². The lowest BCUT2D eigenvalue weighted by Gasteiger charge is -2.20. The van der Waals surface area contributed by atoms with Gasteiger partial charge in [0.2, 0.25) is 5.91 Å². The molecule has 1 aliphatic rings. The molecule has 0 atom stereocenters. The normalized spacial score (nSPS) is 14.0. The van der Waals surface area contributed by atoms with Gasteiger partial charge in [0.1, 0.15) is 11.5 Å². The molecular weight excluding hydrogens is 524 g/mol. The third kappa shape index (κ3) is 11.0. The van der Waals surface area contributed by atoms with E-state index in [2.05, 4.69) is 29.1 Å². The van der Waals surface area contributed by atoms with E-state index >= 15 is 0 Å². The maximum Gasteiger partial charge on any atom is 0.432 e. The van der Waals surface area contributed by atoms with Crippen LogP contribution in [0.1, 0.15) is 44.2 Å². The van der Waals surface area contributed by atoms with Crippen molar-refractivity contribution in [2.75, 3.05) is 0 Å². The molecule has 0 bridgehead atoms. The molecule has 0 aromatic heterocycles. The van der Waals surface area contributed by atoms with Gasteiger partial charge in [-0.15, -0.1) is 0 Å². The summed E-state index contributed by atoms with van der Waals surface area (Å²) in [4.78, 5) is 19.0. The summed E-state index contributed by atoms with van der Waals surface area (Å²) in [5.74, 6) is 4.12. The molecule has 0 spiro atoms. The average Bonchev–Trinajstić information content (AvgIpc) is 3.42. The smallest absolute Gasteiger partial charge is 0.432 e. The van der Waals surface area contributed by atoms with Crippen LogP contribution in [-0.2, 0) is 16.0 Å². The van der Waals surface area contributed by atoms with Gasteiger partial charge in [-0.2, -0.15) is 13.2 Å². The van der Waals surface area contributed by atoms with E-state index in [0.717, 1.165) is 36.2 Å². The molecule has 1 aromatic carbocycles. The second-order valence-electron chi connectivity index (χ2n) is 7.98. The summed E-state index contributed by atoms with van der Waals surface area (Å²) in [7, 11) is 0. The zero-order valence-electron chi connectivity index (χ0n) is 19.2. The predicted molar refractivity (Wildman–Crippen MR) is 125 cm³/mol. The molecule has 0 radical (unpaired) electrons. The average molecular weight is 553 g/mol. The third-order valence-electron chi connectivity index (χ3n) is 4.70. The van der Waals surface area contributed by atoms with Crippen LogP contribution in [0, 0.1) is 18.2 Å². The van der Waals surface area contributed by atoms with Gasteiger partial charge in [0.15, 0.2) is 0 Å². The number of carbonyl (C=O) groups is 2. The summed E-state index contributed by atoms with van der Waals surface area (Å²) in [6, 6.07) is 3.41. The first-order valence-corrected chi connectivity index (χ1v) is 10.7. The van der Waals surface area contributed by atoms with Crippen molar-refractivity contribution >= 4 is 28.3 Å². The highest BCUT2D eigenvalue weighted by Crippen LogP contribution is 2.53. The summed E-state index contributed by atoms with van der Waals surface area (Å²) < 4.78 is 51.1. The molecule has 4 N–H and O–H groups in total. The molecule has 6 nitrogen and oxygen atoms in total. The Kier molecular flexibility index (Phi) is 12.2. The molecule has 0 unspecified atom stereocenters. The maximum absolute atomic E-state index is 13.3. The first kappa shape index (κ1) is 31.3. The van der Waals surface area contributed by atoms with Gasteiger partial charge in [0.25, 0.3) is 6.47 Å². The van der Waals surface area contributed by atoms with Crippen LogP contribution in [0.5, 0.6) is 0 Å². The van der Waals surface area contributed by atoms with Crippen LogP contribution in [0.25, 0.3) is 0 Å². The summed E-state index contributed by atoms with van der Waals surface area (Å²) in [6.07, 6.45) is -0.226. The Bertz CT molecular complexity index is 942. The molecule has 0 heterocycles. The molecule has 34 heavy (non-hydrogen) atoms. The number of carbonyl (C=O) groups excluding carboxylic acids is 1. The van der Waals surface area contributed by atoms with Crippen molar-refractivity contribution < 1.29 is 37.4 Å². The van der Waals surface area contributed by atoms with Gasteiger partial charge in [-0.25, -0.2) is 15.2 Å². The summed E-state index contributed by atoms with van der Waals surface area (Å²) in [5.41, 5.74) is 0.870. The van der Waals surface area contributed by atoms with E-state index in [1.165, 1.54) is 13.0 Å². The van der Waals surface area contributed by atoms with Crippen molar-refractivity contribution in [2.45, 2.75) is 52.6 Å². The van der Waals surface area contributed by atoms with E-state index in [-0.39, 0.29) is 34.0 Å². The summed E-state index contributed by atoms with van der Waals surface area (Å²) in [5, 5.41) is 16.2. The largest absolute Gasteiger partial charge is 0.513 e. The lowest BCUT2D eigenvalue weighted by molar-refractivity contribution is -0.140. The standard InChI is InChI=1S/C14H16BrFO.C8H11F3N2O.CH2O2/c1-9-5-11(12(15)6-13(9)16)8-14(3-4-14)7-10(2)17;1-5(2)4-7(8(9,10)11)13(12)6(3)14;2-1-3/h5-6,17H,2-4,7-8H2,1H3;4H,1,12H2,2-3H3;1H,(H,2,3)/b;7-4-;. The number of alkyl halides is 3. The second-order valence-corrected chi connectivity index (χ2v) is 8.84. The number of nitrogens with two attached hydrogens (primary N) is 1. The van der Waals surface area contributed by atoms with Crippen molar-refractivity contribution in [1.82, 2.24) is 5.01 Å². The number of benzene rings is 1. The molecule has 0 aliphatic heterocycles. The topological polar surface area (TPSA) is 104 Å². The van der Waals surface area contributed by atoms with Gasteiger partial charge in [0.05, 0.1) is 5.76 Å². The van der Waals surface area contributed by atoms with Gasteiger partial charge in [-0.3, -0.25) is 9.59 Å². The number of aryl methyl sites for hydroxylation is 1. The minimum Gasteiger partial charge on any atom is -0.513 e. The van der Waals surface area contributed by atoms with E-state index in [0.29, 0.717) is 18.1 Å². The van der Waals surface area contributed by atoms with Crippen molar-refractivity contribution in [3.05, 3.63) is 69.8 Å². The third-order valence-corrected chi connectivity index (χ3v) is 5.44. The fourth-order valence-electron chi connectivity index (χ4n) is 2.97. The quantitative estimate of drug-likeness (QED) is 0.0750. The van der Waals surface area contributed by atoms with Crippen LogP contribution in [0.15, 0.2) is 52.9 Å². The number of rotatable bonds is 6. The zero-order valence-corrected chi connectivity index (χ0v) is 20.8. The highest BCUT2D eigenvalue weighted by atomic mass is 79.9. The number of nitrogens with zero attached hydrogens (tertiary/aromatic N) is 1. The van der Waals surface area contributed by atoms with E-state index in [9.17, 15) is 27.5 Å². The molecular formula is C23H29BrF4N2O4. The lowest BCUT2D eigenvalue weighted by Crippen LogP contribution is -2.40. The van der Waals surface area contributed by atoms with Crippen molar-refractivity contribution in [2.24, 2.45) is 11.3 Å². The van der Waals surface area contributed by atoms with Crippen LogP contribution < -0.4 is 5.84 Å². The lowest BCUT2D eigenvalue weighted by atomic mass is 9.92. The highest BCUT2D eigenvalue weighted by Gasteiger charge is 2.43. The molecule has 1 fully saturated rings. The summed E-state index contributed by atoms with van der Waals surface area (Å²) in [6.45, 7) is 10.7. The van der Waals surface area contributed by atoms with Crippen LogP contribution >= 0.6 is 15.9 Å². The number of aliphatic hydroxyl groups excluding tert-OH is 1. The van der Waals surface area contributed by atoms with Crippen LogP contribution in [-0.4, -0.2) is 33.8 Å². The Morgan fingerprint density at radius 1 is 1.29 bits per heavy atom. The zero-order chi connectivity index (χ0) is 26.9. The van der Waals surface area contributed by atoms with Gasteiger partial charge in [0, 0.05) is 17.8 Å². The van der Waals surface area contributed by atoms with Gasteiger partial charge >= 0.3 is 6.18 Å². The van der Waals surface area contributed by atoms with Gasteiger partial charge in [-0.1, -0.05) is 40.7 Å². The minimum atomic E-state index is -4.67. The van der Waals surface area contributed by atoms with Crippen molar-refractivity contribution in [3.63, 3.8) is 0 Å². The fourth-order valence-corrected chi connectivity index (χ4v) is 3.43. The molecule has 190 valence electrons. The maximum atomic E-state index is 13.3.